The van der Waals surface area contributed by atoms with Crippen LogP contribution in [-0.2, 0) is 4.79 Å². The summed E-state index contributed by atoms with van der Waals surface area (Å²) in [7, 11) is 0. The third kappa shape index (κ3) is 6.54. The number of rotatable bonds is 8. The van der Waals surface area contributed by atoms with Gasteiger partial charge in [-0.3, -0.25) is 9.59 Å². The van der Waals surface area contributed by atoms with Gasteiger partial charge in [-0.2, -0.15) is 5.26 Å². The lowest BCUT2D eigenvalue weighted by atomic mass is 10.1. The van der Waals surface area contributed by atoms with Gasteiger partial charge in [0.1, 0.15) is 24.0 Å². The highest BCUT2D eigenvalue weighted by Crippen LogP contribution is 2.18. The van der Waals surface area contributed by atoms with Crippen molar-refractivity contribution >= 4 is 29.5 Å². The summed E-state index contributed by atoms with van der Waals surface area (Å²) in [5.41, 5.74) is 2.63. The molecule has 0 aliphatic carbocycles. The van der Waals surface area contributed by atoms with Crippen LogP contribution in [0.25, 0.3) is 12.2 Å². The second-order valence-corrected chi connectivity index (χ2v) is 6.96. The van der Waals surface area contributed by atoms with Crippen LogP contribution in [0.5, 0.6) is 5.75 Å². The van der Waals surface area contributed by atoms with Gasteiger partial charge >= 0.3 is 0 Å². The van der Waals surface area contributed by atoms with Crippen molar-refractivity contribution in [2.75, 3.05) is 11.9 Å². The first-order valence-electron chi connectivity index (χ1n) is 10.0. The average Bonchev–Trinajstić information content (AvgIpc) is 2.81. The number of nitrogens with one attached hydrogen (secondary N) is 1. The van der Waals surface area contributed by atoms with Crippen LogP contribution in [0.3, 0.4) is 0 Å². The molecule has 0 spiro atoms. The molecule has 0 aliphatic heterocycles. The number of ether oxygens (including phenoxy) is 1. The molecule has 5 heteroatoms. The lowest BCUT2D eigenvalue weighted by molar-refractivity contribution is -0.112. The number of anilines is 1. The number of carbonyl (C=O) groups is 2. The molecular formula is C27H22N2O3. The van der Waals surface area contributed by atoms with Crippen molar-refractivity contribution in [3.63, 3.8) is 0 Å². The zero-order chi connectivity index (χ0) is 22.8. The third-order valence-corrected chi connectivity index (χ3v) is 4.52. The van der Waals surface area contributed by atoms with Crippen LogP contribution in [0.2, 0.25) is 0 Å². The number of hydrogen-bond acceptors (Lipinski definition) is 4. The molecule has 0 fully saturated rings. The SMILES string of the molecule is CC(=O)c1cccc(NC(=O)C(C#N)=Cc2cccc(OCC=Cc3ccccc3)c2)c1. The molecular weight excluding hydrogens is 400 g/mol. The highest BCUT2D eigenvalue weighted by molar-refractivity contribution is 6.10. The molecule has 1 amide bonds. The lowest BCUT2D eigenvalue weighted by Crippen LogP contribution is -2.13. The molecule has 1 N–H and O–H groups in total. The zero-order valence-electron chi connectivity index (χ0n) is 17.6. The number of ketones is 1. The Morgan fingerprint density at radius 3 is 2.47 bits per heavy atom. The summed E-state index contributed by atoms with van der Waals surface area (Å²) in [5, 5.41) is 12.1. The van der Waals surface area contributed by atoms with Gasteiger partial charge in [0.2, 0.25) is 0 Å². The molecule has 0 radical (unpaired) electrons. The van der Waals surface area contributed by atoms with Crippen molar-refractivity contribution < 1.29 is 14.3 Å². The van der Waals surface area contributed by atoms with Crippen molar-refractivity contribution in [1.82, 2.24) is 0 Å². The van der Waals surface area contributed by atoms with Crippen LogP contribution in [-0.4, -0.2) is 18.3 Å². The average molecular weight is 422 g/mol. The van der Waals surface area contributed by atoms with Crippen LogP contribution in [0, 0.1) is 11.3 Å². The number of amides is 1. The van der Waals surface area contributed by atoms with Crippen molar-refractivity contribution in [2.45, 2.75) is 6.92 Å². The third-order valence-electron chi connectivity index (χ3n) is 4.52. The summed E-state index contributed by atoms with van der Waals surface area (Å²) in [6, 6.07) is 25.6. The van der Waals surface area contributed by atoms with Crippen molar-refractivity contribution in [3.05, 3.63) is 107 Å². The Morgan fingerprint density at radius 2 is 1.72 bits per heavy atom. The molecule has 0 saturated carbocycles. The Labute approximate surface area is 187 Å². The molecule has 0 aromatic heterocycles. The first kappa shape index (κ1) is 22.3. The fraction of sp³-hybridized carbons (Fsp3) is 0.0741. The molecule has 5 nitrogen and oxygen atoms in total. The van der Waals surface area contributed by atoms with Gasteiger partial charge in [0.05, 0.1) is 0 Å². The number of hydrogen-bond donors (Lipinski definition) is 1. The number of carbonyl (C=O) groups excluding carboxylic acids is 2. The van der Waals surface area contributed by atoms with Gasteiger partial charge in [0.15, 0.2) is 5.78 Å². The predicted molar refractivity (Wildman–Crippen MR) is 126 cm³/mol. The largest absolute Gasteiger partial charge is 0.490 e. The van der Waals surface area contributed by atoms with Crippen molar-refractivity contribution in [2.24, 2.45) is 0 Å². The van der Waals surface area contributed by atoms with Gasteiger partial charge in [0, 0.05) is 11.3 Å². The zero-order valence-corrected chi connectivity index (χ0v) is 17.6. The molecule has 3 aromatic rings. The van der Waals surface area contributed by atoms with E-state index in [2.05, 4.69) is 5.32 Å². The first-order valence-corrected chi connectivity index (χ1v) is 10.0. The maximum Gasteiger partial charge on any atom is 0.266 e. The van der Waals surface area contributed by atoms with E-state index in [9.17, 15) is 14.9 Å². The number of nitriles is 1. The molecule has 3 rings (SSSR count). The van der Waals surface area contributed by atoms with E-state index >= 15 is 0 Å². The number of nitrogens with zero attached hydrogens (tertiary/aromatic N) is 1. The van der Waals surface area contributed by atoms with E-state index in [1.807, 2.05) is 54.6 Å². The van der Waals surface area contributed by atoms with E-state index in [0.29, 0.717) is 29.2 Å². The van der Waals surface area contributed by atoms with E-state index in [-0.39, 0.29) is 11.4 Å². The van der Waals surface area contributed by atoms with E-state index in [4.69, 9.17) is 4.74 Å². The monoisotopic (exact) mass is 422 g/mol. The Kier molecular flexibility index (Phi) is 7.72. The van der Waals surface area contributed by atoms with E-state index in [1.165, 1.54) is 13.0 Å². The van der Waals surface area contributed by atoms with Crippen LogP contribution in [0.4, 0.5) is 5.69 Å². The second kappa shape index (κ2) is 11.1. The maximum atomic E-state index is 12.5. The Balaban J connectivity index is 1.66. The minimum atomic E-state index is -0.551. The summed E-state index contributed by atoms with van der Waals surface area (Å²) in [4.78, 5) is 24.1. The molecule has 0 unspecified atom stereocenters. The standard InChI is InChI=1S/C27H22N2O3/c1-20(30)23-12-6-13-25(18-23)29-27(31)24(19-28)16-22-10-5-14-26(17-22)32-15-7-11-21-8-3-2-4-9-21/h2-14,16-18H,15H2,1H3,(H,29,31). The van der Waals surface area contributed by atoms with Crippen LogP contribution in [0.1, 0.15) is 28.4 Å². The van der Waals surface area contributed by atoms with Crippen molar-refractivity contribution in [1.29, 1.82) is 5.26 Å². The second-order valence-electron chi connectivity index (χ2n) is 6.96. The minimum Gasteiger partial charge on any atom is -0.490 e. The Hall–Kier alpha value is -4.43. The summed E-state index contributed by atoms with van der Waals surface area (Å²) in [5.74, 6) is -0.0267. The lowest BCUT2D eigenvalue weighted by Gasteiger charge is -2.07. The summed E-state index contributed by atoms with van der Waals surface area (Å²) >= 11 is 0. The fourth-order valence-corrected chi connectivity index (χ4v) is 2.92. The minimum absolute atomic E-state index is 0.0562. The van der Waals surface area contributed by atoms with Crippen LogP contribution < -0.4 is 10.1 Å². The number of benzene rings is 3. The van der Waals surface area contributed by atoms with Gasteiger partial charge < -0.3 is 10.1 Å². The van der Waals surface area contributed by atoms with E-state index in [1.54, 1.807) is 42.5 Å². The molecule has 3 aromatic carbocycles. The molecule has 0 atom stereocenters. The van der Waals surface area contributed by atoms with Crippen LogP contribution >= 0.6 is 0 Å². The highest BCUT2D eigenvalue weighted by Gasteiger charge is 2.11. The Bertz CT molecular complexity index is 1200. The van der Waals surface area contributed by atoms with Gasteiger partial charge in [-0.15, -0.1) is 0 Å². The van der Waals surface area contributed by atoms with E-state index in [0.717, 1.165) is 5.56 Å². The van der Waals surface area contributed by atoms with Gasteiger partial charge in [-0.25, -0.2) is 0 Å². The molecule has 0 aliphatic rings. The van der Waals surface area contributed by atoms with Gasteiger partial charge in [0.25, 0.3) is 5.91 Å². The topological polar surface area (TPSA) is 79.2 Å². The smallest absolute Gasteiger partial charge is 0.266 e. The molecule has 158 valence electrons. The number of Topliss-reactive ketones (excluding diaryl/α,β-unsaturated/α-hetero) is 1. The molecule has 0 bridgehead atoms. The highest BCUT2D eigenvalue weighted by atomic mass is 16.5. The Morgan fingerprint density at radius 1 is 0.969 bits per heavy atom. The van der Waals surface area contributed by atoms with Crippen LogP contribution in [0.15, 0.2) is 90.5 Å². The fourth-order valence-electron chi connectivity index (χ4n) is 2.92. The first-order chi connectivity index (χ1) is 15.5. The summed E-state index contributed by atoms with van der Waals surface area (Å²) < 4.78 is 5.74. The maximum absolute atomic E-state index is 12.5. The summed E-state index contributed by atoms with van der Waals surface area (Å²) in [6.07, 6.45) is 5.39. The molecule has 0 saturated heterocycles. The van der Waals surface area contributed by atoms with Gasteiger partial charge in [-0.1, -0.05) is 60.7 Å². The molecule has 0 heterocycles. The van der Waals surface area contributed by atoms with Crippen molar-refractivity contribution in [3.8, 4) is 11.8 Å². The molecule has 32 heavy (non-hydrogen) atoms. The van der Waals surface area contributed by atoms with Gasteiger partial charge in [-0.05, 0) is 54.5 Å². The quantitative estimate of drug-likeness (QED) is 0.294. The normalized spacial score (nSPS) is 11.1. The van der Waals surface area contributed by atoms with E-state index < -0.39 is 5.91 Å². The summed E-state index contributed by atoms with van der Waals surface area (Å²) in [6.45, 7) is 1.84. The predicted octanol–water partition coefficient (Wildman–Crippen LogP) is 5.53.